The number of hydrogen-bond donors (Lipinski definition) is 3. The molecule has 0 unspecified atom stereocenters. The Bertz CT molecular complexity index is 519. The van der Waals surface area contributed by atoms with Gasteiger partial charge in [-0.3, -0.25) is 4.98 Å². The second kappa shape index (κ2) is 5.44. The van der Waals surface area contributed by atoms with Gasteiger partial charge in [0, 0.05) is 28.3 Å². The van der Waals surface area contributed by atoms with Crippen molar-refractivity contribution in [3.63, 3.8) is 0 Å². The molecule has 90 valence electrons. The highest BCUT2D eigenvalue weighted by Gasteiger charge is 2.05. The van der Waals surface area contributed by atoms with Crippen LogP contribution in [0, 0.1) is 0 Å². The van der Waals surface area contributed by atoms with Crippen LogP contribution in [-0.4, -0.2) is 34.5 Å². The zero-order valence-electron chi connectivity index (χ0n) is 9.10. The topological polar surface area (TPSA) is 65.4 Å². The van der Waals surface area contributed by atoms with Crippen LogP contribution in [0.2, 0.25) is 0 Å². The Morgan fingerprint density at radius 3 is 2.94 bits per heavy atom. The van der Waals surface area contributed by atoms with E-state index in [1.807, 2.05) is 24.3 Å². The van der Waals surface area contributed by atoms with E-state index in [1.165, 1.54) is 0 Å². The number of pyridine rings is 1. The van der Waals surface area contributed by atoms with Gasteiger partial charge in [0.05, 0.1) is 18.2 Å². The van der Waals surface area contributed by atoms with E-state index < -0.39 is 6.10 Å². The number of nitrogens with one attached hydrogen (secondary N) is 1. The third-order valence-corrected chi connectivity index (χ3v) is 2.94. The Labute approximate surface area is 107 Å². The lowest BCUT2D eigenvalue weighted by Crippen LogP contribution is -2.23. The van der Waals surface area contributed by atoms with Crippen molar-refractivity contribution < 1.29 is 10.2 Å². The van der Waals surface area contributed by atoms with E-state index in [0.29, 0.717) is 6.54 Å². The van der Waals surface area contributed by atoms with Crippen molar-refractivity contribution in [3.8, 4) is 0 Å². The van der Waals surface area contributed by atoms with Crippen molar-refractivity contribution in [1.29, 1.82) is 0 Å². The minimum atomic E-state index is -0.759. The average Bonchev–Trinajstić information content (AvgIpc) is 2.35. The molecule has 0 aliphatic heterocycles. The van der Waals surface area contributed by atoms with Crippen LogP contribution < -0.4 is 5.32 Å². The molecule has 0 fully saturated rings. The fourth-order valence-corrected chi connectivity index (χ4v) is 1.93. The van der Waals surface area contributed by atoms with E-state index in [-0.39, 0.29) is 6.61 Å². The van der Waals surface area contributed by atoms with Crippen molar-refractivity contribution in [1.82, 2.24) is 4.98 Å². The number of nitrogens with zero attached hydrogens (tertiary/aromatic N) is 1. The summed E-state index contributed by atoms with van der Waals surface area (Å²) in [6, 6.07) is 7.67. The monoisotopic (exact) mass is 296 g/mol. The Hall–Kier alpha value is -1.17. The molecule has 0 radical (unpaired) electrons. The molecule has 2 rings (SSSR count). The van der Waals surface area contributed by atoms with Crippen molar-refractivity contribution in [3.05, 3.63) is 34.9 Å². The number of aliphatic hydroxyl groups is 2. The van der Waals surface area contributed by atoms with Gasteiger partial charge in [0.25, 0.3) is 0 Å². The Kier molecular flexibility index (Phi) is 3.93. The second-order valence-electron chi connectivity index (χ2n) is 3.74. The van der Waals surface area contributed by atoms with Crippen LogP contribution in [0.3, 0.4) is 0 Å². The standard InChI is InChI=1S/C12H13BrN2O2/c13-8-1-2-11-10(5-8)12(3-4-14-11)15-6-9(17)7-16/h1-5,9,16-17H,6-7H2,(H,14,15)/t9-/m1/s1. The quantitative estimate of drug-likeness (QED) is 0.804. The SMILES string of the molecule is OC[C@H](O)CNc1ccnc2ccc(Br)cc12. The number of anilines is 1. The molecule has 1 atom stereocenters. The van der Waals surface area contributed by atoms with E-state index in [4.69, 9.17) is 5.11 Å². The summed E-state index contributed by atoms with van der Waals surface area (Å²) in [4.78, 5) is 4.26. The minimum Gasteiger partial charge on any atom is -0.394 e. The molecule has 1 heterocycles. The number of fused-ring (bicyclic) bond motifs is 1. The molecule has 0 saturated heterocycles. The summed E-state index contributed by atoms with van der Waals surface area (Å²) in [6.45, 7) is 0.0574. The molecule has 1 aromatic carbocycles. The van der Waals surface area contributed by atoms with E-state index in [0.717, 1.165) is 21.1 Å². The van der Waals surface area contributed by atoms with E-state index in [2.05, 4.69) is 26.2 Å². The van der Waals surface area contributed by atoms with E-state index in [1.54, 1.807) is 6.20 Å². The maximum atomic E-state index is 9.31. The maximum absolute atomic E-state index is 9.31. The number of halogens is 1. The predicted molar refractivity (Wildman–Crippen MR) is 71.0 cm³/mol. The highest BCUT2D eigenvalue weighted by molar-refractivity contribution is 9.10. The summed E-state index contributed by atoms with van der Waals surface area (Å²) in [7, 11) is 0. The van der Waals surface area contributed by atoms with Crippen LogP contribution in [0.15, 0.2) is 34.9 Å². The first-order valence-electron chi connectivity index (χ1n) is 5.28. The first kappa shape index (κ1) is 12.3. The van der Waals surface area contributed by atoms with Gasteiger partial charge in [-0.2, -0.15) is 0 Å². The van der Waals surface area contributed by atoms with Gasteiger partial charge >= 0.3 is 0 Å². The van der Waals surface area contributed by atoms with E-state index in [9.17, 15) is 5.11 Å². The molecule has 0 bridgehead atoms. The van der Waals surface area contributed by atoms with Gasteiger partial charge in [-0.25, -0.2) is 0 Å². The highest BCUT2D eigenvalue weighted by atomic mass is 79.9. The van der Waals surface area contributed by atoms with Gasteiger partial charge in [-0.1, -0.05) is 15.9 Å². The normalized spacial score (nSPS) is 12.6. The van der Waals surface area contributed by atoms with Gasteiger partial charge in [0.15, 0.2) is 0 Å². The summed E-state index contributed by atoms with van der Waals surface area (Å²) in [5.41, 5.74) is 1.78. The minimum absolute atomic E-state index is 0.250. The van der Waals surface area contributed by atoms with Crippen LogP contribution in [0.1, 0.15) is 0 Å². The maximum Gasteiger partial charge on any atom is 0.0942 e. The third kappa shape index (κ3) is 2.94. The van der Waals surface area contributed by atoms with Crippen molar-refractivity contribution in [2.45, 2.75) is 6.10 Å². The molecule has 1 aromatic heterocycles. The molecule has 0 aliphatic rings. The van der Waals surface area contributed by atoms with Crippen molar-refractivity contribution in [2.75, 3.05) is 18.5 Å². The molecular weight excluding hydrogens is 284 g/mol. The molecule has 0 spiro atoms. The molecule has 0 aliphatic carbocycles. The number of benzene rings is 1. The van der Waals surface area contributed by atoms with Crippen LogP contribution in [0.5, 0.6) is 0 Å². The van der Waals surface area contributed by atoms with Crippen LogP contribution in [-0.2, 0) is 0 Å². The highest BCUT2D eigenvalue weighted by Crippen LogP contribution is 2.24. The first-order chi connectivity index (χ1) is 8.20. The smallest absolute Gasteiger partial charge is 0.0942 e. The van der Waals surface area contributed by atoms with Crippen LogP contribution >= 0.6 is 15.9 Å². The Morgan fingerprint density at radius 1 is 1.35 bits per heavy atom. The molecule has 3 N–H and O–H groups in total. The fraction of sp³-hybridized carbons (Fsp3) is 0.250. The first-order valence-corrected chi connectivity index (χ1v) is 6.07. The summed E-state index contributed by atoms with van der Waals surface area (Å²) >= 11 is 3.42. The Balaban J connectivity index is 2.30. The number of hydrogen-bond acceptors (Lipinski definition) is 4. The van der Waals surface area contributed by atoms with Crippen molar-refractivity contribution >= 4 is 32.5 Å². The summed E-state index contributed by atoms with van der Waals surface area (Å²) in [5.74, 6) is 0. The molecule has 2 aromatic rings. The number of aromatic nitrogens is 1. The second-order valence-corrected chi connectivity index (χ2v) is 4.65. The molecule has 17 heavy (non-hydrogen) atoms. The lowest BCUT2D eigenvalue weighted by molar-refractivity contribution is 0.105. The van der Waals surface area contributed by atoms with Crippen LogP contribution in [0.4, 0.5) is 5.69 Å². The van der Waals surface area contributed by atoms with Crippen LogP contribution in [0.25, 0.3) is 10.9 Å². The molecule has 0 amide bonds. The average molecular weight is 297 g/mol. The van der Waals surface area contributed by atoms with Gasteiger partial charge in [-0.05, 0) is 24.3 Å². The molecule has 0 saturated carbocycles. The number of aliphatic hydroxyl groups excluding tert-OH is 2. The molecule has 4 nitrogen and oxygen atoms in total. The molecular formula is C12H13BrN2O2. The van der Waals surface area contributed by atoms with Gasteiger partial charge in [0.1, 0.15) is 0 Å². The lowest BCUT2D eigenvalue weighted by atomic mass is 10.2. The third-order valence-electron chi connectivity index (χ3n) is 2.44. The van der Waals surface area contributed by atoms with Crippen molar-refractivity contribution in [2.24, 2.45) is 0 Å². The Morgan fingerprint density at radius 2 is 2.18 bits per heavy atom. The largest absolute Gasteiger partial charge is 0.394 e. The summed E-state index contributed by atoms with van der Waals surface area (Å²) < 4.78 is 0.976. The summed E-state index contributed by atoms with van der Waals surface area (Å²) in [6.07, 6.45) is 0.953. The fourth-order valence-electron chi connectivity index (χ4n) is 1.56. The summed E-state index contributed by atoms with van der Waals surface area (Å²) in [5, 5.41) is 22.1. The predicted octanol–water partition coefficient (Wildman–Crippen LogP) is 1.76. The number of rotatable bonds is 4. The zero-order valence-corrected chi connectivity index (χ0v) is 10.7. The molecule has 5 heteroatoms. The zero-order chi connectivity index (χ0) is 12.3. The van der Waals surface area contributed by atoms with Gasteiger partial charge in [0.2, 0.25) is 0 Å². The van der Waals surface area contributed by atoms with Gasteiger partial charge < -0.3 is 15.5 Å². The lowest BCUT2D eigenvalue weighted by Gasteiger charge is -2.12. The van der Waals surface area contributed by atoms with Gasteiger partial charge in [-0.15, -0.1) is 0 Å². The van der Waals surface area contributed by atoms with E-state index >= 15 is 0 Å².